The number of aromatic nitrogens is 4. The molecular weight excluding hydrogens is 468 g/mol. The van der Waals surface area contributed by atoms with Crippen LogP contribution >= 0.6 is 11.3 Å². The molecule has 0 aliphatic heterocycles. The van der Waals surface area contributed by atoms with Crippen molar-refractivity contribution in [3.8, 4) is 22.1 Å². The Labute approximate surface area is 215 Å². The van der Waals surface area contributed by atoms with Gasteiger partial charge in [-0.15, -0.1) is 11.3 Å². The van der Waals surface area contributed by atoms with Crippen molar-refractivity contribution in [2.45, 2.75) is 53.6 Å². The summed E-state index contributed by atoms with van der Waals surface area (Å²) in [5, 5.41) is 0. The van der Waals surface area contributed by atoms with Crippen molar-refractivity contribution >= 4 is 39.4 Å². The van der Waals surface area contributed by atoms with Gasteiger partial charge in [-0.25, -0.2) is 14.8 Å². The molecule has 3 heterocycles. The van der Waals surface area contributed by atoms with E-state index < -0.39 is 0 Å². The lowest BCUT2D eigenvalue weighted by Gasteiger charge is -2.14. The summed E-state index contributed by atoms with van der Waals surface area (Å²) in [5.41, 5.74) is 5.46. The molecule has 0 saturated heterocycles. The van der Waals surface area contributed by atoms with Crippen LogP contribution in [0.15, 0.2) is 48.5 Å². The Morgan fingerprint density at radius 2 is 1.83 bits per heavy atom. The Balaban J connectivity index is 1.78. The molecule has 0 bridgehead atoms. The van der Waals surface area contributed by atoms with E-state index >= 15 is 0 Å². The van der Waals surface area contributed by atoms with E-state index in [1.807, 2.05) is 18.2 Å². The molecule has 0 radical (unpaired) electrons. The molecule has 0 amide bonds. The molecule has 7 heteroatoms. The number of methoxy groups -OCH3 is 1. The quantitative estimate of drug-likeness (QED) is 0.209. The van der Waals surface area contributed by atoms with Gasteiger partial charge in [0.15, 0.2) is 5.82 Å². The molecule has 0 saturated carbocycles. The number of unbranched alkanes of at least 4 members (excludes halogenated alkanes) is 1. The number of nitrogens with zero attached hydrogens (tertiary/aromatic N) is 4. The maximum atomic E-state index is 12.2. The third-order valence-corrected chi connectivity index (χ3v) is 7.42. The Kier molecular flexibility index (Phi) is 6.67. The minimum atomic E-state index is -0.354. The summed E-state index contributed by atoms with van der Waals surface area (Å²) in [6.45, 7) is 10.5. The maximum absolute atomic E-state index is 12.2. The summed E-state index contributed by atoms with van der Waals surface area (Å²) in [7, 11) is 1.40. The van der Waals surface area contributed by atoms with Gasteiger partial charge < -0.3 is 13.9 Å². The van der Waals surface area contributed by atoms with Crippen LogP contribution in [0, 0.1) is 12.8 Å². The van der Waals surface area contributed by atoms with E-state index in [4.69, 9.17) is 14.7 Å². The highest BCUT2D eigenvalue weighted by atomic mass is 32.1. The van der Waals surface area contributed by atoms with Gasteiger partial charge in [-0.2, -0.15) is 0 Å². The van der Waals surface area contributed by atoms with E-state index in [-0.39, 0.29) is 5.97 Å². The largest absolute Gasteiger partial charge is 0.465 e. The first-order valence-electron chi connectivity index (χ1n) is 12.6. The van der Waals surface area contributed by atoms with Gasteiger partial charge in [-0.05, 0) is 61.7 Å². The van der Waals surface area contributed by atoms with Gasteiger partial charge in [-0.1, -0.05) is 33.3 Å². The molecule has 5 rings (SSSR count). The smallest absolute Gasteiger partial charge is 0.337 e. The molecule has 0 spiro atoms. The van der Waals surface area contributed by atoms with Crippen molar-refractivity contribution in [1.82, 2.24) is 19.1 Å². The van der Waals surface area contributed by atoms with E-state index in [1.54, 1.807) is 11.3 Å². The lowest BCUT2D eigenvalue weighted by atomic mass is 10.1. The van der Waals surface area contributed by atoms with E-state index in [0.717, 1.165) is 65.2 Å². The van der Waals surface area contributed by atoms with Crippen LogP contribution in [0.2, 0.25) is 0 Å². The zero-order valence-corrected chi connectivity index (χ0v) is 22.4. The minimum Gasteiger partial charge on any atom is -0.465 e. The third-order valence-electron chi connectivity index (χ3n) is 6.42. The molecule has 36 heavy (non-hydrogen) atoms. The highest BCUT2D eigenvalue weighted by Gasteiger charge is 2.22. The monoisotopic (exact) mass is 500 g/mol. The average Bonchev–Trinajstić information content (AvgIpc) is 3.56. The number of hydrogen-bond acceptors (Lipinski definition) is 5. The topological polar surface area (TPSA) is 61.9 Å². The number of carbonyl (C=O) groups excluding carboxylic acids is 1. The van der Waals surface area contributed by atoms with Crippen LogP contribution in [-0.2, 0) is 17.8 Å². The zero-order valence-electron chi connectivity index (χ0n) is 21.5. The number of imidazole rings is 2. The third kappa shape index (κ3) is 4.32. The highest BCUT2D eigenvalue weighted by Crippen LogP contribution is 2.36. The summed E-state index contributed by atoms with van der Waals surface area (Å²) in [5.74, 6) is 1.99. The second-order valence-corrected chi connectivity index (χ2v) is 10.9. The number of benzene rings is 2. The molecule has 6 nitrogen and oxygen atoms in total. The van der Waals surface area contributed by atoms with E-state index in [1.165, 1.54) is 16.9 Å². The molecule has 0 unspecified atom stereocenters. The van der Waals surface area contributed by atoms with Crippen LogP contribution in [0.5, 0.6) is 0 Å². The van der Waals surface area contributed by atoms with Gasteiger partial charge in [0, 0.05) is 23.5 Å². The number of thiophene rings is 1. The predicted octanol–water partition coefficient (Wildman–Crippen LogP) is 7.33. The summed E-state index contributed by atoms with van der Waals surface area (Å²) < 4.78 is 9.60. The molecule has 0 atom stereocenters. The summed E-state index contributed by atoms with van der Waals surface area (Å²) in [4.78, 5) is 24.8. The van der Waals surface area contributed by atoms with E-state index in [0.29, 0.717) is 11.5 Å². The van der Waals surface area contributed by atoms with Crippen molar-refractivity contribution in [3.63, 3.8) is 0 Å². The standard InChI is InChI=1S/C29H32N4O2S/c1-6-7-15-32-26-21(9-8-10-22(26)30-28(32)25-14-11-19(4)36-25)27-31-23-16-20(29(34)35-5)12-13-24(23)33(27)17-18(2)3/h8-14,16,18H,6-7,15,17H2,1-5H3. The summed E-state index contributed by atoms with van der Waals surface area (Å²) >= 11 is 1.78. The number of carbonyl (C=O) groups is 1. The fraction of sp³-hybridized carbons (Fsp3) is 0.345. The molecular formula is C29H32N4O2S. The fourth-order valence-electron chi connectivity index (χ4n) is 4.77. The first-order valence-corrected chi connectivity index (χ1v) is 13.4. The second kappa shape index (κ2) is 9.90. The highest BCUT2D eigenvalue weighted by molar-refractivity contribution is 7.15. The second-order valence-electron chi connectivity index (χ2n) is 9.66. The van der Waals surface area contributed by atoms with Gasteiger partial charge in [0.2, 0.25) is 0 Å². The summed E-state index contributed by atoms with van der Waals surface area (Å²) in [6, 6.07) is 16.3. The van der Waals surface area contributed by atoms with Crippen molar-refractivity contribution in [2.24, 2.45) is 5.92 Å². The van der Waals surface area contributed by atoms with Crippen molar-refractivity contribution < 1.29 is 9.53 Å². The summed E-state index contributed by atoms with van der Waals surface area (Å²) in [6.07, 6.45) is 2.18. The van der Waals surface area contributed by atoms with Gasteiger partial charge in [0.1, 0.15) is 5.82 Å². The molecule has 186 valence electrons. The Bertz CT molecular complexity index is 1560. The number of hydrogen-bond donors (Lipinski definition) is 0. The molecule has 0 aliphatic rings. The zero-order chi connectivity index (χ0) is 25.4. The van der Waals surface area contributed by atoms with Gasteiger partial charge in [0.25, 0.3) is 0 Å². The predicted molar refractivity (Wildman–Crippen MR) is 148 cm³/mol. The number of fused-ring (bicyclic) bond motifs is 2. The van der Waals surface area contributed by atoms with Crippen molar-refractivity contribution in [1.29, 1.82) is 0 Å². The van der Waals surface area contributed by atoms with E-state index in [2.05, 4.69) is 67.2 Å². The van der Waals surface area contributed by atoms with Crippen LogP contribution in [0.1, 0.15) is 48.8 Å². The first-order chi connectivity index (χ1) is 17.4. The normalized spacial score (nSPS) is 11.7. The molecule has 2 aromatic carbocycles. The molecule has 0 aliphatic carbocycles. The molecule has 3 aromatic heterocycles. The molecule has 5 aromatic rings. The van der Waals surface area contributed by atoms with Gasteiger partial charge in [-0.3, -0.25) is 0 Å². The molecule has 0 N–H and O–H groups in total. The van der Waals surface area contributed by atoms with Crippen molar-refractivity contribution in [3.05, 3.63) is 59.0 Å². The fourth-order valence-corrected chi connectivity index (χ4v) is 5.64. The minimum absolute atomic E-state index is 0.354. The van der Waals surface area contributed by atoms with Crippen LogP contribution < -0.4 is 0 Å². The SMILES string of the molecule is CCCCn1c(-c2ccc(C)s2)nc2cccc(-c3nc4cc(C(=O)OC)ccc4n3CC(C)C)c21. The number of esters is 1. The van der Waals surface area contributed by atoms with Gasteiger partial charge in [0.05, 0.1) is 39.6 Å². The maximum Gasteiger partial charge on any atom is 0.337 e. The number of aryl methyl sites for hydroxylation is 2. The molecule has 0 fully saturated rings. The van der Waals surface area contributed by atoms with Crippen molar-refractivity contribution in [2.75, 3.05) is 7.11 Å². The number of para-hydroxylation sites is 1. The Morgan fingerprint density at radius 3 is 2.53 bits per heavy atom. The lowest BCUT2D eigenvalue weighted by molar-refractivity contribution is 0.0601. The Hall–Kier alpha value is -3.45. The average molecular weight is 501 g/mol. The lowest BCUT2D eigenvalue weighted by Crippen LogP contribution is -2.07. The number of rotatable bonds is 8. The van der Waals surface area contributed by atoms with Crippen LogP contribution in [0.4, 0.5) is 0 Å². The van der Waals surface area contributed by atoms with E-state index in [9.17, 15) is 4.79 Å². The Morgan fingerprint density at radius 1 is 1.03 bits per heavy atom. The van der Waals surface area contributed by atoms with Gasteiger partial charge >= 0.3 is 5.97 Å². The first kappa shape index (κ1) is 24.3. The van der Waals surface area contributed by atoms with Crippen LogP contribution in [0.3, 0.4) is 0 Å². The van der Waals surface area contributed by atoms with Crippen LogP contribution in [0.25, 0.3) is 44.2 Å². The van der Waals surface area contributed by atoms with Crippen LogP contribution in [-0.4, -0.2) is 32.2 Å². The number of ether oxygens (including phenoxy) is 1.